The Morgan fingerprint density at radius 3 is 0.359 bits per heavy atom. The fraction of sp³-hybridized carbons (Fsp3) is 0.297. The first-order valence-electron chi connectivity index (χ1n) is 13.8. The minimum absolute atomic E-state index is 0.167. The van der Waals surface area contributed by atoms with Gasteiger partial charge in [0.1, 0.15) is 11.6 Å². The van der Waals surface area contributed by atoms with Crippen LogP contribution in [0.4, 0.5) is 0 Å². The summed E-state index contributed by atoms with van der Waals surface area (Å²) in [6.45, 7) is 18.4. The molecule has 0 spiro atoms. The average Bonchev–Trinajstić information content (AvgIpc) is 3.00. The number of carbonyl (C=O) groups is 2. The number of benzene rings is 4. The topological polar surface area (TPSA) is 34.1 Å². The lowest BCUT2D eigenvalue weighted by Crippen LogP contribution is -1.69. The van der Waals surface area contributed by atoms with E-state index in [4.69, 9.17) is 0 Å². The van der Waals surface area contributed by atoms with Crippen molar-refractivity contribution in [1.82, 2.24) is 0 Å². The molecular formula is C37H56O2. The summed E-state index contributed by atoms with van der Waals surface area (Å²) in [5.74, 6) is 0.333. The van der Waals surface area contributed by atoms with E-state index in [-0.39, 0.29) is 11.6 Å². The average molecular weight is 533 g/mol. The van der Waals surface area contributed by atoms with Crippen molar-refractivity contribution in [3.8, 4) is 0 Å². The maximum atomic E-state index is 9.44. The third kappa shape index (κ3) is 86.9. The van der Waals surface area contributed by atoms with Gasteiger partial charge >= 0.3 is 0 Å². The van der Waals surface area contributed by atoms with Gasteiger partial charge < -0.3 is 9.59 Å². The Balaban J connectivity index is -0.000000114. The molecule has 39 heavy (non-hydrogen) atoms. The Morgan fingerprint density at radius 2 is 0.333 bits per heavy atom. The maximum absolute atomic E-state index is 9.44. The van der Waals surface area contributed by atoms with Gasteiger partial charge in [-0.3, -0.25) is 0 Å². The number of hydrogen-bond donors (Lipinski definition) is 0. The van der Waals surface area contributed by atoms with Gasteiger partial charge in [-0.2, -0.15) is 0 Å². The molecule has 0 atom stereocenters. The molecule has 0 aliphatic rings. The molecule has 0 saturated heterocycles. The molecular weight excluding hydrogens is 476 g/mol. The summed E-state index contributed by atoms with van der Waals surface area (Å²) < 4.78 is 0. The van der Waals surface area contributed by atoms with Crippen molar-refractivity contribution in [2.75, 3.05) is 0 Å². The highest BCUT2D eigenvalue weighted by molar-refractivity contribution is 5.72. The van der Waals surface area contributed by atoms with Crippen molar-refractivity contribution in [2.24, 2.45) is 0 Å². The summed E-state index contributed by atoms with van der Waals surface area (Å²) in [6.07, 6.45) is 1.25. The van der Waals surface area contributed by atoms with Gasteiger partial charge in [-0.05, 0) is 27.7 Å². The largest absolute Gasteiger partial charge is 0.300 e. The highest BCUT2D eigenvalue weighted by Crippen LogP contribution is 1.81. The number of rotatable bonds is 0. The van der Waals surface area contributed by atoms with E-state index < -0.39 is 0 Å². The van der Waals surface area contributed by atoms with E-state index in [1.54, 1.807) is 0 Å². The maximum Gasteiger partial charge on any atom is 0.126 e. The molecule has 4 rings (SSSR count). The zero-order chi connectivity index (χ0) is 30.8. The van der Waals surface area contributed by atoms with Crippen LogP contribution in [0.2, 0.25) is 0 Å². The van der Waals surface area contributed by atoms with Crippen molar-refractivity contribution in [3.63, 3.8) is 0 Å². The van der Waals surface area contributed by atoms with E-state index in [1.807, 2.05) is 173 Å². The molecule has 0 radical (unpaired) electrons. The summed E-state index contributed by atoms with van der Waals surface area (Å²) in [7, 11) is 0. The van der Waals surface area contributed by atoms with Gasteiger partial charge in [0.25, 0.3) is 0 Å². The first-order valence-corrected chi connectivity index (χ1v) is 13.8. The quantitative estimate of drug-likeness (QED) is 0.226. The fourth-order valence-electron chi connectivity index (χ4n) is 1.54. The Morgan fingerprint density at radius 1 is 0.308 bits per heavy atom. The standard InChI is InChI=1S/4C6H6.2C3H6O.C3H8.2C2H6/c4*1-2-4-6-5-3-1;2*1-3(2)4;1-3-2;2*1-2/h4*1-6H;2*1-2H3;3H2,1-2H3;2*1-2H3. The smallest absolute Gasteiger partial charge is 0.126 e. The highest BCUT2D eigenvalue weighted by atomic mass is 16.1. The Bertz CT molecular complexity index is 594. The van der Waals surface area contributed by atoms with Gasteiger partial charge in [-0.25, -0.2) is 0 Å². The molecule has 4 aromatic rings. The van der Waals surface area contributed by atoms with Crippen LogP contribution >= 0.6 is 0 Å². The predicted molar refractivity (Wildman–Crippen MR) is 177 cm³/mol. The van der Waals surface area contributed by atoms with E-state index in [0.29, 0.717) is 0 Å². The monoisotopic (exact) mass is 532 g/mol. The minimum Gasteiger partial charge on any atom is -0.300 e. The second kappa shape index (κ2) is 51.0. The summed E-state index contributed by atoms with van der Waals surface area (Å²) in [5.41, 5.74) is 0. The van der Waals surface area contributed by atoms with Gasteiger partial charge in [0, 0.05) is 0 Å². The van der Waals surface area contributed by atoms with Crippen LogP contribution in [0.15, 0.2) is 146 Å². The van der Waals surface area contributed by atoms with E-state index in [2.05, 4.69) is 13.8 Å². The van der Waals surface area contributed by atoms with Crippen LogP contribution in [-0.4, -0.2) is 11.6 Å². The highest BCUT2D eigenvalue weighted by Gasteiger charge is 1.63. The molecule has 4 aromatic carbocycles. The molecule has 216 valence electrons. The molecule has 0 unspecified atom stereocenters. The molecule has 0 N–H and O–H groups in total. The summed E-state index contributed by atoms with van der Waals surface area (Å²) in [4.78, 5) is 18.9. The summed E-state index contributed by atoms with van der Waals surface area (Å²) in [5, 5.41) is 0. The predicted octanol–water partition coefficient (Wildman–Crippen LogP) is 11.4. The number of hydrogen-bond acceptors (Lipinski definition) is 2. The van der Waals surface area contributed by atoms with Gasteiger partial charge in [-0.15, -0.1) is 0 Å². The van der Waals surface area contributed by atoms with E-state index in [1.165, 1.54) is 34.1 Å². The van der Waals surface area contributed by atoms with Crippen LogP contribution in [-0.2, 0) is 9.59 Å². The molecule has 2 heteroatoms. The third-order valence-corrected chi connectivity index (χ3v) is 2.67. The molecule has 0 aliphatic carbocycles. The van der Waals surface area contributed by atoms with Crippen molar-refractivity contribution >= 4 is 11.6 Å². The molecule has 2 nitrogen and oxygen atoms in total. The molecule has 0 aliphatic heterocycles. The van der Waals surface area contributed by atoms with E-state index in [0.717, 1.165) is 0 Å². The lowest BCUT2D eigenvalue weighted by molar-refractivity contribution is -0.115. The zero-order valence-electron chi connectivity index (χ0n) is 26.4. The fourth-order valence-corrected chi connectivity index (χ4v) is 1.54. The number of carbonyl (C=O) groups excluding carboxylic acids is 2. The van der Waals surface area contributed by atoms with Crippen molar-refractivity contribution in [2.45, 2.75) is 75.7 Å². The van der Waals surface area contributed by atoms with Crippen LogP contribution in [0.25, 0.3) is 0 Å². The second-order valence-electron chi connectivity index (χ2n) is 7.14. The molecule has 0 saturated carbocycles. The molecule has 0 amide bonds. The van der Waals surface area contributed by atoms with E-state index in [9.17, 15) is 9.59 Å². The minimum atomic E-state index is 0.167. The normalized spacial score (nSPS) is 7.03. The summed E-state index contributed by atoms with van der Waals surface area (Å²) >= 11 is 0. The van der Waals surface area contributed by atoms with Gasteiger partial charge in [0.05, 0.1) is 0 Å². The molecule has 0 aromatic heterocycles. The van der Waals surface area contributed by atoms with Crippen molar-refractivity contribution in [1.29, 1.82) is 0 Å². The Kier molecular flexibility index (Phi) is 59.0. The van der Waals surface area contributed by atoms with Crippen LogP contribution in [0.5, 0.6) is 0 Å². The van der Waals surface area contributed by atoms with Crippen molar-refractivity contribution in [3.05, 3.63) is 146 Å². The second-order valence-corrected chi connectivity index (χ2v) is 7.14. The molecule has 0 fully saturated rings. The van der Waals surface area contributed by atoms with Crippen LogP contribution in [0.3, 0.4) is 0 Å². The first kappa shape index (κ1) is 45.2. The molecule has 0 bridgehead atoms. The summed E-state index contributed by atoms with van der Waals surface area (Å²) in [6, 6.07) is 48.0. The van der Waals surface area contributed by atoms with Gasteiger partial charge in [0.2, 0.25) is 0 Å². The lowest BCUT2D eigenvalue weighted by atomic mass is 10.4. The number of ketones is 2. The zero-order valence-corrected chi connectivity index (χ0v) is 26.4. The lowest BCUT2D eigenvalue weighted by Gasteiger charge is -1.69. The molecule has 0 heterocycles. The van der Waals surface area contributed by atoms with Crippen molar-refractivity contribution < 1.29 is 9.59 Å². The first-order chi connectivity index (χ1) is 18.9. The van der Waals surface area contributed by atoms with Gasteiger partial charge in [0.15, 0.2) is 0 Å². The van der Waals surface area contributed by atoms with Crippen LogP contribution < -0.4 is 0 Å². The number of Topliss-reactive ketones (excluding diaryl/α,β-unsaturated/α-hetero) is 2. The Hall–Kier alpha value is -3.78. The Labute approximate surface area is 242 Å². The van der Waals surface area contributed by atoms with E-state index >= 15 is 0 Å². The van der Waals surface area contributed by atoms with Crippen LogP contribution in [0.1, 0.15) is 75.7 Å². The van der Waals surface area contributed by atoms with Gasteiger partial charge in [-0.1, -0.05) is 194 Å². The third-order valence-electron chi connectivity index (χ3n) is 2.67. The SMILES string of the molecule is CC.CC.CC(C)=O.CC(C)=O.CCC.c1ccccc1.c1ccccc1.c1ccccc1.c1ccccc1. The van der Waals surface area contributed by atoms with Crippen LogP contribution in [0, 0.1) is 0 Å².